The molecule has 1 heterocycles. The molecule has 0 aliphatic carbocycles. The fraction of sp³-hybridized carbons (Fsp3) is 0.100. The highest BCUT2D eigenvalue weighted by Gasteiger charge is 2.22. The second kappa shape index (κ2) is 4.33. The van der Waals surface area contributed by atoms with Crippen LogP contribution in [0.25, 0.3) is 11.1 Å². The number of aromatic amines is 1. The Kier molecular flexibility index (Phi) is 3.01. The number of ether oxygens (including phenoxy) is 1. The van der Waals surface area contributed by atoms with E-state index in [-0.39, 0.29) is 22.7 Å². The molecule has 0 spiro atoms. The molecule has 1 aromatic carbocycles. The Bertz CT molecular complexity index is 571. The van der Waals surface area contributed by atoms with E-state index in [4.69, 9.17) is 10.5 Å². The topological polar surface area (TPSA) is 63.9 Å². The van der Waals surface area contributed by atoms with Gasteiger partial charge in [0.25, 0.3) is 0 Å². The third-order valence-corrected chi connectivity index (χ3v) is 2.86. The number of nitrogens with one attached hydrogen (secondary N) is 1. The number of hydrogen-bond acceptors (Lipinski definition) is 3. The molecule has 2 aromatic rings. The summed E-state index contributed by atoms with van der Waals surface area (Å²) in [5.41, 5.74) is 5.77. The largest absolute Gasteiger partial charge is 0.495 e. The number of H-pyrrole nitrogens is 1. The molecule has 3 N–H and O–H groups in total. The summed E-state index contributed by atoms with van der Waals surface area (Å²) < 4.78 is 32.5. The molecule has 17 heavy (non-hydrogen) atoms. The highest BCUT2D eigenvalue weighted by Crippen LogP contribution is 2.41. The molecule has 0 aliphatic heterocycles. The van der Waals surface area contributed by atoms with Crippen molar-refractivity contribution in [3.05, 3.63) is 28.4 Å². The van der Waals surface area contributed by atoms with Gasteiger partial charge in [-0.25, -0.2) is 8.78 Å². The minimum Gasteiger partial charge on any atom is -0.495 e. The Labute approximate surface area is 104 Å². The van der Waals surface area contributed by atoms with Gasteiger partial charge in [0.15, 0.2) is 11.6 Å². The van der Waals surface area contributed by atoms with Crippen molar-refractivity contribution in [2.75, 3.05) is 12.8 Å². The van der Waals surface area contributed by atoms with Gasteiger partial charge in [0.1, 0.15) is 11.6 Å². The monoisotopic (exact) mass is 303 g/mol. The fourth-order valence-corrected chi connectivity index (χ4v) is 2.08. The first-order valence-electron chi connectivity index (χ1n) is 4.57. The van der Waals surface area contributed by atoms with Crippen LogP contribution in [0.4, 0.5) is 14.6 Å². The van der Waals surface area contributed by atoms with E-state index in [1.165, 1.54) is 13.3 Å². The maximum atomic E-state index is 13.8. The molecular formula is C10H8BrF2N3O. The van der Waals surface area contributed by atoms with E-state index < -0.39 is 11.6 Å². The van der Waals surface area contributed by atoms with Crippen molar-refractivity contribution in [2.24, 2.45) is 0 Å². The average Bonchev–Trinajstić information content (AvgIpc) is 2.69. The second-order valence-corrected chi connectivity index (χ2v) is 4.11. The summed E-state index contributed by atoms with van der Waals surface area (Å²) in [5, 5.41) is 6.12. The number of nitrogen functional groups attached to an aromatic ring is 1. The van der Waals surface area contributed by atoms with Crippen LogP contribution in [0.3, 0.4) is 0 Å². The summed E-state index contributed by atoms with van der Waals surface area (Å²) in [6.45, 7) is 0. The number of nitrogens with zero attached hydrogens (tertiary/aromatic N) is 1. The van der Waals surface area contributed by atoms with Crippen molar-refractivity contribution < 1.29 is 13.5 Å². The molecule has 0 bridgehead atoms. The number of benzene rings is 1. The lowest BCUT2D eigenvalue weighted by molar-refractivity contribution is 0.406. The third-order valence-electron chi connectivity index (χ3n) is 2.27. The molecule has 0 saturated carbocycles. The van der Waals surface area contributed by atoms with Crippen LogP contribution in [0, 0.1) is 11.6 Å². The van der Waals surface area contributed by atoms with Crippen LogP contribution in [0.15, 0.2) is 16.7 Å². The van der Waals surface area contributed by atoms with Crippen LogP contribution in [0.5, 0.6) is 5.75 Å². The summed E-state index contributed by atoms with van der Waals surface area (Å²) in [7, 11) is 1.36. The molecule has 0 saturated heterocycles. The fourth-order valence-electron chi connectivity index (χ4n) is 1.51. The predicted molar refractivity (Wildman–Crippen MR) is 62.6 cm³/mol. The number of nitrogens with two attached hydrogens (primary N) is 1. The summed E-state index contributed by atoms with van der Waals surface area (Å²) in [6.07, 6.45) is 1.31. The van der Waals surface area contributed by atoms with Gasteiger partial charge < -0.3 is 10.5 Å². The van der Waals surface area contributed by atoms with Crippen molar-refractivity contribution in [2.45, 2.75) is 0 Å². The summed E-state index contributed by atoms with van der Waals surface area (Å²) in [6, 6.07) is 0.994. The van der Waals surface area contributed by atoms with Crippen LogP contribution >= 0.6 is 15.9 Å². The molecule has 0 amide bonds. The van der Waals surface area contributed by atoms with Gasteiger partial charge in [0, 0.05) is 0 Å². The number of halogens is 3. The van der Waals surface area contributed by atoms with Crippen molar-refractivity contribution >= 4 is 21.7 Å². The quantitative estimate of drug-likeness (QED) is 0.839. The summed E-state index contributed by atoms with van der Waals surface area (Å²) in [4.78, 5) is 0. The van der Waals surface area contributed by atoms with Gasteiger partial charge in [-0.2, -0.15) is 5.10 Å². The van der Waals surface area contributed by atoms with E-state index in [1.807, 2.05) is 0 Å². The van der Waals surface area contributed by atoms with Crippen molar-refractivity contribution in [1.29, 1.82) is 0 Å². The zero-order valence-electron chi connectivity index (χ0n) is 8.72. The molecule has 0 radical (unpaired) electrons. The molecule has 0 atom stereocenters. The van der Waals surface area contributed by atoms with Crippen molar-refractivity contribution in [3.63, 3.8) is 0 Å². The molecule has 7 heteroatoms. The lowest BCUT2D eigenvalue weighted by Crippen LogP contribution is -1.98. The van der Waals surface area contributed by atoms with Gasteiger partial charge in [0.2, 0.25) is 0 Å². The van der Waals surface area contributed by atoms with Gasteiger partial charge in [-0.15, -0.1) is 0 Å². The van der Waals surface area contributed by atoms with E-state index >= 15 is 0 Å². The zero-order valence-corrected chi connectivity index (χ0v) is 10.3. The van der Waals surface area contributed by atoms with Crippen LogP contribution in [0.1, 0.15) is 0 Å². The van der Waals surface area contributed by atoms with Crippen LogP contribution in [-0.2, 0) is 0 Å². The number of hydrogen-bond donors (Lipinski definition) is 2. The predicted octanol–water partition coefficient (Wildman–Crippen LogP) is 2.71. The minimum atomic E-state index is -1.03. The maximum absolute atomic E-state index is 13.8. The van der Waals surface area contributed by atoms with Crippen molar-refractivity contribution in [1.82, 2.24) is 10.2 Å². The van der Waals surface area contributed by atoms with E-state index in [0.717, 1.165) is 6.07 Å². The number of anilines is 1. The molecule has 0 aliphatic rings. The average molecular weight is 304 g/mol. The van der Waals surface area contributed by atoms with E-state index in [9.17, 15) is 8.78 Å². The van der Waals surface area contributed by atoms with Gasteiger partial charge in [-0.3, -0.25) is 5.10 Å². The first-order chi connectivity index (χ1) is 8.06. The summed E-state index contributed by atoms with van der Waals surface area (Å²) in [5.74, 6) is -1.72. The van der Waals surface area contributed by atoms with Crippen LogP contribution in [-0.4, -0.2) is 17.3 Å². The highest BCUT2D eigenvalue weighted by molar-refractivity contribution is 9.10. The van der Waals surface area contributed by atoms with Gasteiger partial charge in [-0.1, -0.05) is 0 Å². The van der Waals surface area contributed by atoms with E-state index in [1.54, 1.807) is 0 Å². The minimum absolute atomic E-state index is 0.0642. The Morgan fingerprint density at radius 1 is 1.47 bits per heavy atom. The Morgan fingerprint density at radius 2 is 2.18 bits per heavy atom. The van der Waals surface area contributed by atoms with E-state index in [2.05, 4.69) is 26.1 Å². The molecule has 0 unspecified atom stereocenters. The third kappa shape index (κ3) is 1.86. The molecular weight excluding hydrogens is 296 g/mol. The second-order valence-electron chi connectivity index (χ2n) is 3.26. The smallest absolute Gasteiger partial charge is 0.170 e. The first-order valence-corrected chi connectivity index (χ1v) is 5.36. The normalized spacial score (nSPS) is 10.6. The Balaban J connectivity index is 2.80. The molecule has 4 nitrogen and oxygen atoms in total. The summed E-state index contributed by atoms with van der Waals surface area (Å²) >= 11 is 3.10. The van der Waals surface area contributed by atoms with Gasteiger partial charge in [-0.05, 0) is 22.0 Å². The lowest BCUT2D eigenvalue weighted by Gasteiger charge is -2.11. The number of methoxy groups -OCH3 is 1. The SMILES string of the molecule is COc1c(Br)cc(F)c(F)c1-c1cn[nH]c1N. The van der Waals surface area contributed by atoms with Crippen molar-refractivity contribution in [3.8, 4) is 16.9 Å². The standard InChI is InChI=1S/C10H8BrF2N3O/c1-17-9-5(11)2-6(12)8(13)7(9)4-3-15-16-10(4)14/h2-3H,1H3,(H3,14,15,16). The highest BCUT2D eigenvalue weighted by atomic mass is 79.9. The molecule has 0 fully saturated rings. The zero-order chi connectivity index (χ0) is 12.6. The molecule has 2 rings (SSSR count). The number of rotatable bonds is 2. The van der Waals surface area contributed by atoms with Gasteiger partial charge >= 0.3 is 0 Å². The number of aromatic nitrogens is 2. The van der Waals surface area contributed by atoms with Gasteiger partial charge in [0.05, 0.1) is 28.9 Å². The van der Waals surface area contributed by atoms with Crippen LogP contribution < -0.4 is 10.5 Å². The molecule has 1 aromatic heterocycles. The lowest BCUT2D eigenvalue weighted by atomic mass is 10.1. The molecule has 90 valence electrons. The van der Waals surface area contributed by atoms with E-state index in [0.29, 0.717) is 4.47 Å². The van der Waals surface area contributed by atoms with Crippen LogP contribution in [0.2, 0.25) is 0 Å². The first kappa shape index (κ1) is 11.8. The Morgan fingerprint density at radius 3 is 2.71 bits per heavy atom. The maximum Gasteiger partial charge on any atom is 0.170 e. The Hall–Kier alpha value is -1.63.